The van der Waals surface area contributed by atoms with Crippen LogP contribution in [-0.4, -0.2) is 39.9 Å². The van der Waals surface area contributed by atoms with Gasteiger partial charge in [0.15, 0.2) is 0 Å². The van der Waals surface area contributed by atoms with E-state index in [-0.39, 0.29) is 18.1 Å². The van der Waals surface area contributed by atoms with Crippen molar-refractivity contribution in [3.05, 3.63) is 0 Å². The van der Waals surface area contributed by atoms with E-state index < -0.39 is 0 Å². The number of carbonyl (C=O) groups excluding carboxylic acids is 1. The third-order valence-corrected chi connectivity index (χ3v) is 4.74. The summed E-state index contributed by atoms with van der Waals surface area (Å²) in [5, 5.41) is 10.4. The Morgan fingerprint density at radius 3 is 2.60 bits per heavy atom. The SMILES string of the molecule is O=C1CC(CBr)CN1C1(CO)CCCC1. The highest BCUT2D eigenvalue weighted by Crippen LogP contribution is 2.38. The third-order valence-electron chi connectivity index (χ3n) is 3.82. The van der Waals surface area contributed by atoms with E-state index in [1.807, 2.05) is 4.90 Å². The number of aliphatic hydroxyl groups excluding tert-OH is 1. The monoisotopic (exact) mass is 275 g/mol. The Morgan fingerprint density at radius 1 is 1.47 bits per heavy atom. The minimum Gasteiger partial charge on any atom is -0.394 e. The molecule has 3 nitrogen and oxygen atoms in total. The fraction of sp³-hybridized carbons (Fsp3) is 0.909. The number of nitrogens with zero attached hydrogens (tertiary/aromatic N) is 1. The first kappa shape index (κ1) is 11.4. The van der Waals surface area contributed by atoms with E-state index in [0.717, 1.165) is 37.6 Å². The average molecular weight is 276 g/mol. The molecule has 0 spiro atoms. The Bertz CT molecular complexity index is 251. The molecule has 86 valence electrons. The van der Waals surface area contributed by atoms with E-state index in [1.165, 1.54) is 0 Å². The number of likely N-dealkylation sites (tertiary alicyclic amines) is 1. The molecular weight excluding hydrogens is 258 g/mol. The van der Waals surface area contributed by atoms with Gasteiger partial charge in [-0.3, -0.25) is 4.79 Å². The molecule has 2 aliphatic rings. The molecular formula is C11H18BrNO2. The Labute approximate surface area is 99.0 Å². The highest BCUT2D eigenvalue weighted by molar-refractivity contribution is 9.09. The van der Waals surface area contributed by atoms with Crippen molar-refractivity contribution in [3.63, 3.8) is 0 Å². The molecule has 1 atom stereocenters. The van der Waals surface area contributed by atoms with Gasteiger partial charge in [0.1, 0.15) is 0 Å². The first-order chi connectivity index (χ1) is 7.22. The molecule has 0 aromatic heterocycles. The fourth-order valence-corrected chi connectivity index (χ4v) is 3.32. The lowest BCUT2D eigenvalue weighted by molar-refractivity contribution is -0.134. The number of hydrogen-bond donors (Lipinski definition) is 1. The predicted molar refractivity (Wildman–Crippen MR) is 61.9 cm³/mol. The van der Waals surface area contributed by atoms with Crippen molar-refractivity contribution in [2.75, 3.05) is 18.5 Å². The van der Waals surface area contributed by atoms with Gasteiger partial charge in [0.2, 0.25) is 5.91 Å². The van der Waals surface area contributed by atoms with E-state index in [1.54, 1.807) is 0 Å². The maximum atomic E-state index is 11.9. The molecule has 1 aliphatic heterocycles. The molecule has 1 saturated heterocycles. The first-order valence-electron chi connectivity index (χ1n) is 5.69. The summed E-state index contributed by atoms with van der Waals surface area (Å²) in [6.45, 7) is 0.957. The van der Waals surface area contributed by atoms with Crippen molar-refractivity contribution < 1.29 is 9.90 Å². The summed E-state index contributed by atoms with van der Waals surface area (Å²) in [5.74, 6) is 0.664. The Morgan fingerprint density at radius 2 is 2.13 bits per heavy atom. The smallest absolute Gasteiger partial charge is 0.223 e. The summed E-state index contributed by atoms with van der Waals surface area (Å²) in [7, 11) is 0. The third kappa shape index (κ3) is 1.94. The lowest BCUT2D eigenvalue weighted by atomic mass is 9.96. The van der Waals surface area contributed by atoms with Crippen LogP contribution in [-0.2, 0) is 4.79 Å². The maximum absolute atomic E-state index is 11.9. The van der Waals surface area contributed by atoms with Gasteiger partial charge in [0.05, 0.1) is 12.1 Å². The van der Waals surface area contributed by atoms with Crippen LogP contribution in [0.4, 0.5) is 0 Å². The van der Waals surface area contributed by atoms with Crippen LogP contribution >= 0.6 is 15.9 Å². The first-order valence-corrected chi connectivity index (χ1v) is 6.81. The largest absolute Gasteiger partial charge is 0.394 e. The summed E-state index contributed by atoms with van der Waals surface area (Å²) >= 11 is 3.44. The quantitative estimate of drug-likeness (QED) is 0.794. The van der Waals surface area contributed by atoms with Crippen molar-refractivity contribution in [2.45, 2.75) is 37.6 Å². The molecule has 1 heterocycles. The van der Waals surface area contributed by atoms with Crippen LogP contribution in [0, 0.1) is 5.92 Å². The lowest BCUT2D eigenvalue weighted by Gasteiger charge is -2.37. The van der Waals surface area contributed by atoms with Crippen LogP contribution in [0.25, 0.3) is 0 Å². The molecule has 1 saturated carbocycles. The molecule has 1 unspecified atom stereocenters. The lowest BCUT2D eigenvalue weighted by Crippen LogP contribution is -2.50. The summed E-state index contributed by atoms with van der Waals surface area (Å²) in [5.41, 5.74) is -0.214. The van der Waals surface area contributed by atoms with Crippen LogP contribution in [0.3, 0.4) is 0 Å². The van der Waals surface area contributed by atoms with Gasteiger partial charge in [0, 0.05) is 18.3 Å². The number of rotatable bonds is 3. The Hall–Kier alpha value is -0.0900. The molecule has 2 fully saturated rings. The zero-order chi connectivity index (χ0) is 10.9. The number of halogens is 1. The van der Waals surface area contributed by atoms with Crippen LogP contribution in [0.1, 0.15) is 32.1 Å². The van der Waals surface area contributed by atoms with E-state index >= 15 is 0 Å². The van der Waals surface area contributed by atoms with Crippen molar-refractivity contribution in [1.82, 2.24) is 4.90 Å². The molecule has 1 N–H and O–H groups in total. The molecule has 1 aliphatic carbocycles. The summed E-state index contributed by atoms with van der Waals surface area (Å²) in [6.07, 6.45) is 4.88. The summed E-state index contributed by atoms with van der Waals surface area (Å²) < 4.78 is 0. The molecule has 15 heavy (non-hydrogen) atoms. The second-order valence-corrected chi connectivity index (χ2v) is 5.47. The van der Waals surface area contributed by atoms with E-state index in [2.05, 4.69) is 15.9 Å². The maximum Gasteiger partial charge on any atom is 0.223 e. The molecule has 0 bridgehead atoms. The van der Waals surface area contributed by atoms with Gasteiger partial charge >= 0.3 is 0 Å². The van der Waals surface area contributed by atoms with Gasteiger partial charge in [-0.1, -0.05) is 28.8 Å². The van der Waals surface area contributed by atoms with Gasteiger partial charge in [-0.05, 0) is 18.8 Å². The van der Waals surface area contributed by atoms with Gasteiger partial charge < -0.3 is 10.0 Å². The van der Waals surface area contributed by atoms with Gasteiger partial charge in [-0.2, -0.15) is 0 Å². The number of aliphatic hydroxyl groups is 1. The van der Waals surface area contributed by atoms with Crippen molar-refractivity contribution in [1.29, 1.82) is 0 Å². The number of hydrogen-bond acceptors (Lipinski definition) is 2. The molecule has 1 amide bonds. The topological polar surface area (TPSA) is 40.5 Å². The Balaban J connectivity index is 2.12. The molecule has 0 aromatic carbocycles. The minimum absolute atomic E-state index is 0.133. The van der Waals surface area contributed by atoms with Crippen molar-refractivity contribution >= 4 is 21.8 Å². The van der Waals surface area contributed by atoms with Crippen molar-refractivity contribution in [2.24, 2.45) is 5.92 Å². The number of carbonyl (C=O) groups is 1. The zero-order valence-corrected chi connectivity index (χ0v) is 10.5. The Kier molecular flexibility index (Phi) is 3.36. The van der Waals surface area contributed by atoms with Crippen LogP contribution in [0.5, 0.6) is 0 Å². The number of alkyl halides is 1. The summed E-state index contributed by atoms with van der Waals surface area (Å²) in [6, 6.07) is 0. The second kappa shape index (κ2) is 4.42. The van der Waals surface area contributed by atoms with Crippen molar-refractivity contribution in [3.8, 4) is 0 Å². The fourth-order valence-electron chi connectivity index (χ4n) is 2.89. The molecule has 0 radical (unpaired) electrons. The highest BCUT2D eigenvalue weighted by atomic mass is 79.9. The van der Waals surface area contributed by atoms with E-state index in [9.17, 15) is 9.90 Å². The van der Waals surface area contributed by atoms with Gasteiger partial charge in [0.25, 0.3) is 0 Å². The number of amides is 1. The molecule has 0 aromatic rings. The minimum atomic E-state index is -0.214. The van der Waals surface area contributed by atoms with E-state index in [4.69, 9.17) is 0 Å². The van der Waals surface area contributed by atoms with Gasteiger partial charge in [-0.25, -0.2) is 0 Å². The van der Waals surface area contributed by atoms with Gasteiger partial charge in [-0.15, -0.1) is 0 Å². The van der Waals surface area contributed by atoms with Crippen LogP contribution in [0.2, 0.25) is 0 Å². The predicted octanol–water partition coefficient (Wildman–Crippen LogP) is 1.53. The average Bonchev–Trinajstić information content (AvgIpc) is 2.84. The standard InChI is InChI=1S/C11H18BrNO2/c12-6-9-5-10(15)13(7-9)11(8-14)3-1-2-4-11/h9,14H,1-8H2. The van der Waals surface area contributed by atoms with Crippen LogP contribution < -0.4 is 0 Å². The second-order valence-electron chi connectivity index (χ2n) is 4.82. The molecule has 4 heteroatoms. The molecule has 2 rings (SSSR count). The normalized spacial score (nSPS) is 30.1. The zero-order valence-electron chi connectivity index (χ0n) is 8.91. The van der Waals surface area contributed by atoms with Crippen LogP contribution in [0.15, 0.2) is 0 Å². The van der Waals surface area contributed by atoms with E-state index in [0.29, 0.717) is 12.3 Å². The summed E-state index contributed by atoms with van der Waals surface area (Å²) in [4.78, 5) is 13.8. The highest BCUT2D eigenvalue weighted by Gasteiger charge is 2.45.